The second kappa shape index (κ2) is 5.10. The number of H-pyrrole nitrogens is 1. The van der Waals surface area contributed by atoms with Crippen molar-refractivity contribution in [1.29, 1.82) is 0 Å². The van der Waals surface area contributed by atoms with Gasteiger partial charge in [-0.05, 0) is 27.7 Å². The van der Waals surface area contributed by atoms with Crippen LogP contribution >= 0.6 is 0 Å². The lowest BCUT2D eigenvalue weighted by molar-refractivity contribution is -0.112. The van der Waals surface area contributed by atoms with Crippen molar-refractivity contribution >= 4 is 10.0 Å². The number of sulfonamides is 1. The molecule has 1 aromatic heterocycles. The van der Waals surface area contributed by atoms with Crippen molar-refractivity contribution in [3.63, 3.8) is 0 Å². The van der Waals surface area contributed by atoms with Gasteiger partial charge >= 0.3 is 0 Å². The number of rotatable bonds is 3. The summed E-state index contributed by atoms with van der Waals surface area (Å²) >= 11 is 0. The molecule has 1 saturated heterocycles. The molecule has 3 N–H and O–H groups in total. The van der Waals surface area contributed by atoms with Crippen molar-refractivity contribution in [3.8, 4) is 0 Å². The molecule has 0 aromatic carbocycles. The second-order valence-electron chi connectivity index (χ2n) is 5.80. The van der Waals surface area contributed by atoms with Gasteiger partial charge in [-0.25, -0.2) is 8.42 Å². The summed E-state index contributed by atoms with van der Waals surface area (Å²) in [5.74, 6) is 0. The zero-order valence-corrected chi connectivity index (χ0v) is 13.1. The predicted molar refractivity (Wildman–Crippen MR) is 74.8 cm³/mol. The number of aromatic nitrogens is 2. The molecule has 1 fully saturated rings. The van der Waals surface area contributed by atoms with Crippen LogP contribution < -0.4 is 5.73 Å². The minimum atomic E-state index is -3.59. The topological polar surface area (TPSA) is 101 Å². The fraction of sp³-hybridized carbons (Fsp3) is 0.750. The van der Waals surface area contributed by atoms with Crippen molar-refractivity contribution in [2.75, 3.05) is 19.6 Å². The Morgan fingerprint density at radius 2 is 2.15 bits per heavy atom. The summed E-state index contributed by atoms with van der Waals surface area (Å²) in [5.41, 5.74) is 6.12. The van der Waals surface area contributed by atoms with Gasteiger partial charge in [-0.3, -0.25) is 5.10 Å². The highest BCUT2D eigenvalue weighted by molar-refractivity contribution is 7.89. The van der Waals surface area contributed by atoms with Gasteiger partial charge in [-0.2, -0.15) is 9.40 Å². The summed E-state index contributed by atoms with van der Waals surface area (Å²) in [4.78, 5) is 0.256. The lowest BCUT2D eigenvalue weighted by Crippen LogP contribution is -2.56. The van der Waals surface area contributed by atoms with Crippen LogP contribution in [-0.2, 0) is 14.8 Å². The van der Waals surface area contributed by atoms with E-state index in [0.29, 0.717) is 24.5 Å². The Hall–Kier alpha value is -0.960. The molecule has 0 bridgehead atoms. The van der Waals surface area contributed by atoms with Crippen molar-refractivity contribution in [2.24, 2.45) is 5.73 Å². The molecule has 7 nitrogen and oxygen atoms in total. The maximum Gasteiger partial charge on any atom is 0.246 e. The molecule has 0 spiro atoms. The van der Waals surface area contributed by atoms with Gasteiger partial charge in [0, 0.05) is 19.6 Å². The van der Waals surface area contributed by atoms with Crippen LogP contribution in [0.5, 0.6) is 0 Å². The van der Waals surface area contributed by atoms with E-state index in [9.17, 15) is 8.42 Å². The SMILES string of the molecule is Cc1n[nH]c(C)c1S(=O)(=O)N1CC(CN)OC(C)(C)C1. The van der Waals surface area contributed by atoms with Crippen molar-refractivity contribution < 1.29 is 13.2 Å². The fourth-order valence-corrected chi connectivity index (χ4v) is 4.55. The number of nitrogens with one attached hydrogen (secondary N) is 1. The maximum absolute atomic E-state index is 12.8. The molecule has 1 atom stereocenters. The number of aromatic amines is 1. The first kappa shape index (κ1) is 15.4. The average Bonchev–Trinajstić information content (AvgIpc) is 2.67. The normalized spacial score (nSPS) is 23.9. The third-order valence-electron chi connectivity index (χ3n) is 3.37. The van der Waals surface area contributed by atoms with Crippen molar-refractivity contribution in [1.82, 2.24) is 14.5 Å². The molecule has 0 saturated carbocycles. The van der Waals surface area contributed by atoms with E-state index in [-0.39, 0.29) is 17.5 Å². The van der Waals surface area contributed by atoms with Gasteiger partial charge in [-0.15, -0.1) is 0 Å². The predicted octanol–water partition coefficient (Wildman–Crippen LogP) is 0.153. The van der Waals surface area contributed by atoms with E-state index < -0.39 is 15.6 Å². The van der Waals surface area contributed by atoms with Crippen LogP contribution in [0.4, 0.5) is 0 Å². The van der Waals surface area contributed by atoms with Crippen LogP contribution in [-0.4, -0.2) is 54.3 Å². The van der Waals surface area contributed by atoms with Crippen molar-refractivity contribution in [3.05, 3.63) is 11.4 Å². The molecule has 0 aliphatic carbocycles. The molecule has 2 rings (SSSR count). The first-order chi connectivity index (χ1) is 9.17. The molecule has 1 aliphatic rings. The molecule has 2 heterocycles. The minimum absolute atomic E-state index is 0.256. The highest BCUT2D eigenvalue weighted by Crippen LogP contribution is 2.28. The third kappa shape index (κ3) is 2.73. The average molecular weight is 302 g/mol. The Balaban J connectivity index is 2.39. The number of ether oxygens (including phenoxy) is 1. The Bertz CT molecular complexity index is 574. The van der Waals surface area contributed by atoms with Crippen molar-refractivity contribution in [2.45, 2.75) is 44.3 Å². The summed E-state index contributed by atoms with van der Waals surface area (Å²) in [6.07, 6.45) is -0.291. The molecular formula is C12H22N4O3S. The van der Waals surface area contributed by atoms with Crippen LogP contribution in [0.15, 0.2) is 4.90 Å². The van der Waals surface area contributed by atoms with Gasteiger partial charge in [0.25, 0.3) is 0 Å². The lowest BCUT2D eigenvalue weighted by Gasteiger charge is -2.41. The Morgan fingerprint density at radius 3 is 2.65 bits per heavy atom. The fourth-order valence-electron chi connectivity index (χ4n) is 2.60. The first-order valence-corrected chi connectivity index (χ1v) is 8.01. The molecule has 114 valence electrons. The highest BCUT2D eigenvalue weighted by atomic mass is 32.2. The molecular weight excluding hydrogens is 280 g/mol. The van der Waals surface area contributed by atoms with Crippen LogP contribution in [0, 0.1) is 13.8 Å². The van der Waals surface area contributed by atoms with E-state index in [1.54, 1.807) is 13.8 Å². The van der Waals surface area contributed by atoms with E-state index in [0.717, 1.165) is 0 Å². The van der Waals surface area contributed by atoms with Gasteiger partial charge in [0.1, 0.15) is 4.90 Å². The third-order valence-corrected chi connectivity index (χ3v) is 5.45. The molecule has 0 amide bonds. The summed E-state index contributed by atoms with van der Waals surface area (Å²) in [6.45, 7) is 7.99. The Kier molecular flexibility index (Phi) is 3.94. The van der Waals surface area contributed by atoms with Gasteiger partial charge in [0.15, 0.2) is 0 Å². The van der Waals surface area contributed by atoms with E-state index in [1.807, 2.05) is 13.8 Å². The second-order valence-corrected chi connectivity index (χ2v) is 7.67. The van der Waals surface area contributed by atoms with Crippen LogP contribution in [0.3, 0.4) is 0 Å². The summed E-state index contributed by atoms with van der Waals surface area (Å²) in [6, 6.07) is 0. The van der Waals surface area contributed by atoms with E-state index in [1.165, 1.54) is 4.31 Å². The van der Waals surface area contributed by atoms with Crippen LogP contribution in [0.25, 0.3) is 0 Å². The van der Waals surface area contributed by atoms with Crippen LogP contribution in [0.2, 0.25) is 0 Å². The first-order valence-electron chi connectivity index (χ1n) is 6.57. The number of hydrogen-bond donors (Lipinski definition) is 2. The largest absolute Gasteiger partial charge is 0.368 e. The zero-order chi connectivity index (χ0) is 15.1. The number of hydrogen-bond acceptors (Lipinski definition) is 5. The standard InChI is InChI=1S/C12H22N4O3S/c1-8-11(9(2)15-14-8)20(17,18)16-6-10(5-13)19-12(3,4)7-16/h10H,5-7,13H2,1-4H3,(H,14,15). The molecule has 8 heteroatoms. The number of morpholine rings is 1. The van der Waals surface area contributed by atoms with Gasteiger partial charge in [-0.1, -0.05) is 0 Å². The van der Waals surface area contributed by atoms with E-state index in [4.69, 9.17) is 10.5 Å². The molecule has 1 aliphatic heterocycles. The molecule has 0 radical (unpaired) electrons. The minimum Gasteiger partial charge on any atom is -0.368 e. The molecule has 1 unspecified atom stereocenters. The highest BCUT2D eigenvalue weighted by Gasteiger charge is 2.40. The Morgan fingerprint density at radius 1 is 1.50 bits per heavy atom. The van der Waals surface area contributed by atoms with Crippen LogP contribution in [0.1, 0.15) is 25.2 Å². The van der Waals surface area contributed by atoms with E-state index in [2.05, 4.69) is 10.2 Å². The Labute approximate surface area is 119 Å². The molecule has 1 aromatic rings. The number of nitrogens with zero attached hydrogens (tertiary/aromatic N) is 2. The van der Waals surface area contributed by atoms with Gasteiger partial charge in [0.05, 0.1) is 23.1 Å². The zero-order valence-electron chi connectivity index (χ0n) is 12.3. The number of nitrogens with two attached hydrogens (primary N) is 1. The monoisotopic (exact) mass is 302 g/mol. The molecule has 20 heavy (non-hydrogen) atoms. The summed E-state index contributed by atoms with van der Waals surface area (Å²) in [7, 11) is -3.59. The van der Waals surface area contributed by atoms with Gasteiger partial charge in [0.2, 0.25) is 10.0 Å². The van der Waals surface area contributed by atoms with E-state index >= 15 is 0 Å². The summed E-state index contributed by atoms with van der Waals surface area (Å²) < 4.78 is 32.8. The lowest BCUT2D eigenvalue weighted by atomic mass is 10.1. The maximum atomic E-state index is 12.8. The van der Waals surface area contributed by atoms with Gasteiger partial charge < -0.3 is 10.5 Å². The summed E-state index contributed by atoms with van der Waals surface area (Å²) in [5, 5.41) is 6.68. The quantitative estimate of drug-likeness (QED) is 0.828. The smallest absolute Gasteiger partial charge is 0.246 e. The number of aryl methyl sites for hydroxylation is 2.